The zero-order valence-corrected chi connectivity index (χ0v) is 11.4. The van der Waals surface area contributed by atoms with Crippen molar-refractivity contribution in [3.8, 4) is 0 Å². The quantitative estimate of drug-likeness (QED) is 0.810. The molecule has 4 nitrogen and oxygen atoms in total. The molecule has 1 aromatic rings. The van der Waals surface area contributed by atoms with E-state index >= 15 is 0 Å². The lowest BCUT2D eigenvalue weighted by Gasteiger charge is -2.23. The van der Waals surface area contributed by atoms with Crippen LogP contribution in [0.2, 0.25) is 0 Å². The number of hydrogen-bond donors (Lipinski definition) is 0. The highest BCUT2D eigenvalue weighted by molar-refractivity contribution is 7.91. The molecule has 1 aliphatic rings. The van der Waals surface area contributed by atoms with Crippen molar-refractivity contribution in [3.05, 3.63) is 35.4 Å². The Hall–Kier alpha value is -1.36. The van der Waals surface area contributed by atoms with Gasteiger partial charge in [0.25, 0.3) is 5.91 Å². The summed E-state index contributed by atoms with van der Waals surface area (Å²) in [6, 6.07) is 7.15. The highest BCUT2D eigenvalue weighted by Crippen LogP contribution is 2.18. The number of amides is 1. The smallest absolute Gasteiger partial charge is 0.253 e. The van der Waals surface area contributed by atoms with Crippen LogP contribution in [0.4, 0.5) is 0 Å². The molecule has 1 heterocycles. The van der Waals surface area contributed by atoms with Crippen LogP contribution in [0.5, 0.6) is 0 Å². The molecule has 1 amide bonds. The second kappa shape index (κ2) is 4.72. The Balaban J connectivity index is 2.15. The number of aryl methyl sites for hydroxylation is 1. The van der Waals surface area contributed by atoms with Gasteiger partial charge in [-0.25, -0.2) is 8.42 Å². The Morgan fingerprint density at radius 3 is 2.67 bits per heavy atom. The van der Waals surface area contributed by atoms with E-state index in [-0.39, 0.29) is 23.5 Å². The molecule has 98 valence electrons. The predicted octanol–water partition coefficient (Wildman–Crippen LogP) is 1.25. The molecule has 0 bridgehead atoms. The molecule has 1 saturated heterocycles. The third-order valence-electron chi connectivity index (χ3n) is 3.34. The van der Waals surface area contributed by atoms with E-state index in [1.54, 1.807) is 18.0 Å². The summed E-state index contributed by atoms with van der Waals surface area (Å²) in [6.07, 6.45) is 0.538. The van der Waals surface area contributed by atoms with Gasteiger partial charge in [-0.15, -0.1) is 0 Å². The molecule has 1 atom stereocenters. The summed E-state index contributed by atoms with van der Waals surface area (Å²) >= 11 is 0. The molecule has 1 unspecified atom stereocenters. The van der Waals surface area contributed by atoms with Crippen molar-refractivity contribution < 1.29 is 13.2 Å². The first-order valence-corrected chi connectivity index (χ1v) is 7.75. The summed E-state index contributed by atoms with van der Waals surface area (Å²) in [5, 5.41) is 0. The van der Waals surface area contributed by atoms with Crippen LogP contribution in [0.3, 0.4) is 0 Å². The molecule has 2 rings (SSSR count). The fraction of sp³-hybridized carbons (Fsp3) is 0.462. The molecule has 0 radical (unpaired) electrons. The fourth-order valence-corrected chi connectivity index (χ4v) is 4.00. The van der Waals surface area contributed by atoms with Crippen LogP contribution in [0, 0.1) is 6.92 Å². The van der Waals surface area contributed by atoms with Crippen molar-refractivity contribution >= 4 is 15.7 Å². The second-order valence-electron chi connectivity index (χ2n) is 4.84. The Morgan fingerprint density at radius 1 is 1.39 bits per heavy atom. The van der Waals surface area contributed by atoms with Crippen molar-refractivity contribution in [3.63, 3.8) is 0 Å². The minimum atomic E-state index is -2.96. The topological polar surface area (TPSA) is 54.5 Å². The van der Waals surface area contributed by atoms with Gasteiger partial charge in [-0.2, -0.15) is 0 Å². The number of carbonyl (C=O) groups excluding carboxylic acids is 1. The molecular formula is C13H17NO3S. The number of rotatable bonds is 2. The van der Waals surface area contributed by atoms with Crippen LogP contribution >= 0.6 is 0 Å². The lowest BCUT2D eigenvalue weighted by Crippen LogP contribution is -2.37. The van der Waals surface area contributed by atoms with Crippen LogP contribution in [0.15, 0.2) is 24.3 Å². The fourth-order valence-electron chi connectivity index (χ4n) is 2.23. The first-order chi connectivity index (χ1) is 8.39. The lowest BCUT2D eigenvalue weighted by atomic mass is 10.1. The van der Waals surface area contributed by atoms with E-state index in [1.807, 2.05) is 25.1 Å². The molecular weight excluding hydrogens is 250 g/mol. The maximum Gasteiger partial charge on any atom is 0.253 e. The molecule has 0 aliphatic carbocycles. The van der Waals surface area contributed by atoms with Gasteiger partial charge in [0.05, 0.1) is 11.5 Å². The standard InChI is InChI=1S/C13H17NO3S/c1-10-4-3-5-11(8-10)13(15)14(2)12-6-7-18(16,17)9-12/h3-5,8,12H,6-7,9H2,1-2H3. The van der Waals surface area contributed by atoms with E-state index in [4.69, 9.17) is 0 Å². The molecule has 0 saturated carbocycles. The van der Waals surface area contributed by atoms with E-state index in [0.29, 0.717) is 12.0 Å². The molecule has 18 heavy (non-hydrogen) atoms. The third-order valence-corrected chi connectivity index (χ3v) is 5.09. The van der Waals surface area contributed by atoms with Crippen molar-refractivity contribution in [2.24, 2.45) is 0 Å². The van der Waals surface area contributed by atoms with Crippen molar-refractivity contribution in [2.45, 2.75) is 19.4 Å². The van der Waals surface area contributed by atoms with Gasteiger partial charge in [-0.1, -0.05) is 17.7 Å². The summed E-state index contributed by atoms with van der Waals surface area (Å²) < 4.78 is 22.8. The largest absolute Gasteiger partial charge is 0.338 e. The second-order valence-corrected chi connectivity index (χ2v) is 7.07. The van der Waals surface area contributed by atoms with Gasteiger partial charge in [0, 0.05) is 18.7 Å². The monoisotopic (exact) mass is 267 g/mol. The van der Waals surface area contributed by atoms with E-state index in [2.05, 4.69) is 0 Å². The SMILES string of the molecule is Cc1cccc(C(=O)N(C)C2CCS(=O)(=O)C2)c1. The average molecular weight is 267 g/mol. The van der Waals surface area contributed by atoms with Gasteiger partial charge in [-0.05, 0) is 25.5 Å². The zero-order chi connectivity index (χ0) is 13.3. The molecule has 1 fully saturated rings. The van der Waals surface area contributed by atoms with Gasteiger partial charge in [0.2, 0.25) is 0 Å². The van der Waals surface area contributed by atoms with Gasteiger partial charge in [-0.3, -0.25) is 4.79 Å². The summed E-state index contributed by atoms with van der Waals surface area (Å²) in [6.45, 7) is 1.93. The van der Waals surface area contributed by atoms with Crippen LogP contribution in [0.1, 0.15) is 22.3 Å². The summed E-state index contributed by atoms with van der Waals surface area (Å²) in [4.78, 5) is 13.8. The molecule has 5 heteroatoms. The Bertz CT molecular complexity index is 565. The average Bonchev–Trinajstić information content (AvgIpc) is 2.68. The highest BCUT2D eigenvalue weighted by Gasteiger charge is 2.32. The number of sulfone groups is 1. The van der Waals surface area contributed by atoms with Crippen molar-refractivity contribution in [1.82, 2.24) is 4.90 Å². The number of benzene rings is 1. The minimum absolute atomic E-state index is 0.0844. The van der Waals surface area contributed by atoms with Gasteiger partial charge < -0.3 is 4.90 Å². The van der Waals surface area contributed by atoms with Crippen LogP contribution in [0.25, 0.3) is 0 Å². The maximum atomic E-state index is 12.2. The Kier molecular flexibility index (Phi) is 3.43. The van der Waals surface area contributed by atoms with Crippen LogP contribution in [-0.4, -0.2) is 43.8 Å². The van der Waals surface area contributed by atoms with E-state index < -0.39 is 9.84 Å². The summed E-state index contributed by atoms with van der Waals surface area (Å²) in [5.41, 5.74) is 1.63. The number of carbonyl (C=O) groups is 1. The minimum Gasteiger partial charge on any atom is -0.338 e. The zero-order valence-electron chi connectivity index (χ0n) is 10.6. The van der Waals surface area contributed by atoms with Crippen molar-refractivity contribution in [2.75, 3.05) is 18.6 Å². The molecule has 1 aliphatic heterocycles. The molecule has 0 aromatic heterocycles. The number of hydrogen-bond acceptors (Lipinski definition) is 3. The predicted molar refractivity (Wildman–Crippen MR) is 70.3 cm³/mol. The van der Waals surface area contributed by atoms with E-state index in [1.165, 1.54) is 0 Å². The Morgan fingerprint density at radius 2 is 2.11 bits per heavy atom. The Labute approximate surface area is 108 Å². The van der Waals surface area contributed by atoms with Gasteiger partial charge >= 0.3 is 0 Å². The molecule has 0 spiro atoms. The van der Waals surface area contributed by atoms with Crippen molar-refractivity contribution in [1.29, 1.82) is 0 Å². The molecule has 1 aromatic carbocycles. The third kappa shape index (κ3) is 2.72. The highest BCUT2D eigenvalue weighted by atomic mass is 32.2. The first-order valence-electron chi connectivity index (χ1n) is 5.93. The van der Waals surface area contributed by atoms with Crippen LogP contribution in [-0.2, 0) is 9.84 Å². The first kappa shape index (κ1) is 13.1. The van der Waals surface area contributed by atoms with Gasteiger partial charge in [0.15, 0.2) is 9.84 Å². The summed E-state index contributed by atoms with van der Waals surface area (Å²) in [7, 11) is -1.28. The normalized spacial score (nSPS) is 21.8. The van der Waals surface area contributed by atoms with E-state index in [9.17, 15) is 13.2 Å². The van der Waals surface area contributed by atoms with Gasteiger partial charge in [0.1, 0.15) is 0 Å². The molecule has 0 N–H and O–H groups in total. The van der Waals surface area contributed by atoms with Crippen LogP contribution < -0.4 is 0 Å². The van der Waals surface area contributed by atoms with E-state index in [0.717, 1.165) is 5.56 Å². The summed E-state index contributed by atoms with van der Waals surface area (Å²) in [5.74, 6) is 0.158. The lowest BCUT2D eigenvalue weighted by molar-refractivity contribution is 0.0747. The number of nitrogens with zero attached hydrogens (tertiary/aromatic N) is 1. The maximum absolute atomic E-state index is 12.2.